The van der Waals surface area contributed by atoms with Crippen LogP contribution in [0.15, 0.2) is 24.3 Å². The zero-order valence-corrected chi connectivity index (χ0v) is 15.5. The summed E-state index contributed by atoms with van der Waals surface area (Å²) >= 11 is 0. The summed E-state index contributed by atoms with van der Waals surface area (Å²) in [6.07, 6.45) is 3.56. The Labute approximate surface area is 149 Å². The number of rotatable bonds is 6. The number of ether oxygens (including phenoxy) is 1. The standard InChI is InChI=1S/C20H29N3O2/c1-4-9-23-10-7-15(8-11-23)14-21-20(24)19-12-16-5-6-17(25-3)13-18(16)22(19)2/h5-6,12-13,15H,4,7-11,14H2,1-3H3,(H,21,24). The van der Waals surface area contributed by atoms with Crippen LogP contribution in [-0.4, -0.2) is 48.7 Å². The Balaban J connectivity index is 1.60. The summed E-state index contributed by atoms with van der Waals surface area (Å²) in [6.45, 7) is 6.50. The lowest BCUT2D eigenvalue weighted by atomic mass is 9.96. The van der Waals surface area contributed by atoms with E-state index in [9.17, 15) is 4.79 Å². The van der Waals surface area contributed by atoms with E-state index in [4.69, 9.17) is 4.74 Å². The number of aromatic nitrogens is 1. The van der Waals surface area contributed by atoms with Gasteiger partial charge in [0.2, 0.25) is 0 Å². The summed E-state index contributed by atoms with van der Waals surface area (Å²) in [7, 11) is 3.59. The Morgan fingerprint density at radius 3 is 2.72 bits per heavy atom. The Morgan fingerprint density at radius 1 is 1.28 bits per heavy atom. The number of amides is 1. The van der Waals surface area contributed by atoms with Crippen LogP contribution in [0.1, 0.15) is 36.7 Å². The van der Waals surface area contributed by atoms with Gasteiger partial charge in [-0.05, 0) is 63.0 Å². The molecule has 136 valence electrons. The van der Waals surface area contributed by atoms with Crippen LogP contribution < -0.4 is 10.1 Å². The molecule has 5 heteroatoms. The summed E-state index contributed by atoms with van der Waals surface area (Å²) in [5, 5.41) is 4.19. The SMILES string of the molecule is CCCN1CCC(CNC(=O)c2cc3ccc(OC)cc3n2C)CC1. The van der Waals surface area contributed by atoms with Crippen LogP contribution in [0.4, 0.5) is 0 Å². The van der Waals surface area contributed by atoms with E-state index in [0.29, 0.717) is 11.6 Å². The lowest BCUT2D eigenvalue weighted by Gasteiger charge is -2.31. The van der Waals surface area contributed by atoms with Crippen molar-refractivity contribution < 1.29 is 9.53 Å². The van der Waals surface area contributed by atoms with E-state index in [-0.39, 0.29) is 5.91 Å². The van der Waals surface area contributed by atoms with Gasteiger partial charge in [-0.25, -0.2) is 0 Å². The lowest BCUT2D eigenvalue weighted by molar-refractivity contribution is 0.0928. The van der Waals surface area contributed by atoms with E-state index >= 15 is 0 Å². The van der Waals surface area contributed by atoms with Crippen molar-refractivity contribution in [2.24, 2.45) is 13.0 Å². The molecule has 0 radical (unpaired) electrons. The number of methoxy groups -OCH3 is 1. The highest BCUT2D eigenvalue weighted by Gasteiger charge is 2.20. The molecule has 0 aliphatic carbocycles. The molecule has 5 nitrogen and oxygen atoms in total. The molecule has 0 bridgehead atoms. The maximum absolute atomic E-state index is 12.6. The molecule has 1 amide bonds. The highest BCUT2D eigenvalue weighted by Crippen LogP contribution is 2.24. The number of nitrogens with zero attached hydrogens (tertiary/aromatic N) is 2. The second-order valence-corrected chi connectivity index (χ2v) is 7.01. The average Bonchev–Trinajstić information content (AvgIpc) is 2.97. The summed E-state index contributed by atoms with van der Waals surface area (Å²) in [6, 6.07) is 7.84. The molecule has 1 N–H and O–H groups in total. The van der Waals surface area contributed by atoms with Crippen molar-refractivity contribution in [1.29, 1.82) is 0 Å². The van der Waals surface area contributed by atoms with Gasteiger partial charge in [-0.1, -0.05) is 6.92 Å². The van der Waals surface area contributed by atoms with Crippen molar-refractivity contribution in [3.8, 4) is 5.75 Å². The molecular weight excluding hydrogens is 314 g/mol. The van der Waals surface area contributed by atoms with E-state index in [1.165, 1.54) is 25.8 Å². The molecule has 2 aromatic rings. The van der Waals surface area contributed by atoms with Crippen LogP contribution in [0.5, 0.6) is 5.75 Å². The van der Waals surface area contributed by atoms with Gasteiger partial charge in [0.25, 0.3) is 5.91 Å². The average molecular weight is 343 g/mol. The van der Waals surface area contributed by atoms with Crippen molar-refractivity contribution in [3.63, 3.8) is 0 Å². The van der Waals surface area contributed by atoms with Crippen molar-refractivity contribution in [2.45, 2.75) is 26.2 Å². The van der Waals surface area contributed by atoms with E-state index in [1.807, 2.05) is 35.9 Å². The number of benzene rings is 1. The second-order valence-electron chi connectivity index (χ2n) is 7.01. The van der Waals surface area contributed by atoms with E-state index < -0.39 is 0 Å². The van der Waals surface area contributed by atoms with Crippen molar-refractivity contribution >= 4 is 16.8 Å². The second kappa shape index (κ2) is 7.91. The molecule has 1 aromatic heterocycles. The van der Waals surface area contributed by atoms with Gasteiger partial charge in [0.1, 0.15) is 11.4 Å². The zero-order valence-electron chi connectivity index (χ0n) is 15.5. The van der Waals surface area contributed by atoms with Crippen LogP contribution in [-0.2, 0) is 7.05 Å². The highest BCUT2D eigenvalue weighted by molar-refractivity contribution is 5.99. The van der Waals surface area contributed by atoms with Gasteiger partial charge in [0.05, 0.1) is 12.6 Å². The Kier molecular flexibility index (Phi) is 5.63. The summed E-state index contributed by atoms with van der Waals surface area (Å²) in [5.41, 5.74) is 1.71. The first-order valence-electron chi connectivity index (χ1n) is 9.26. The highest BCUT2D eigenvalue weighted by atomic mass is 16.5. The molecule has 2 heterocycles. The van der Waals surface area contributed by atoms with Crippen LogP contribution in [0, 0.1) is 5.92 Å². The number of hydrogen-bond acceptors (Lipinski definition) is 3. The number of nitrogens with one attached hydrogen (secondary N) is 1. The first-order chi connectivity index (χ1) is 12.1. The molecule has 0 atom stereocenters. The van der Waals surface area contributed by atoms with Gasteiger partial charge in [-0.15, -0.1) is 0 Å². The van der Waals surface area contributed by atoms with Crippen LogP contribution in [0.2, 0.25) is 0 Å². The van der Waals surface area contributed by atoms with Gasteiger partial charge < -0.3 is 19.5 Å². The first-order valence-corrected chi connectivity index (χ1v) is 9.26. The number of likely N-dealkylation sites (tertiary alicyclic amines) is 1. The molecule has 1 saturated heterocycles. The van der Waals surface area contributed by atoms with Gasteiger partial charge in [-0.2, -0.15) is 0 Å². The molecule has 0 saturated carbocycles. The summed E-state index contributed by atoms with van der Waals surface area (Å²) < 4.78 is 7.22. The number of fused-ring (bicyclic) bond motifs is 1. The van der Waals surface area contributed by atoms with Crippen molar-refractivity contribution in [3.05, 3.63) is 30.0 Å². The van der Waals surface area contributed by atoms with E-state index in [0.717, 1.165) is 36.3 Å². The molecule has 0 unspecified atom stereocenters. The topological polar surface area (TPSA) is 46.5 Å². The fourth-order valence-electron chi connectivity index (χ4n) is 3.71. The molecule has 1 aliphatic heterocycles. The molecule has 3 rings (SSSR count). The summed E-state index contributed by atoms with van der Waals surface area (Å²) in [5.74, 6) is 1.40. The molecule has 25 heavy (non-hydrogen) atoms. The van der Waals surface area contributed by atoms with Gasteiger partial charge >= 0.3 is 0 Å². The van der Waals surface area contributed by atoms with Gasteiger partial charge in [0, 0.05) is 25.0 Å². The molecular formula is C20H29N3O2. The minimum Gasteiger partial charge on any atom is -0.497 e. The first kappa shape index (κ1) is 17.8. The van der Waals surface area contributed by atoms with Crippen molar-refractivity contribution in [2.75, 3.05) is 33.3 Å². The fraction of sp³-hybridized carbons (Fsp3) is 0.550. The quantitative estimate of drug-likeness (QED) is 0.877. The largest absolute Gasteiger partial charge is 0.497 e. The number of piperidine rings is 1. The normalized spacial score (nSPS) is 16.3. The number of carbonyl (C=O) groups is 1. The Morgan fingerprint density at radius 2 is 2.04 bits per heavy atom. The molecule has 0 spiro atoms. The maximum Gasteiger partial charge on any atom is 0.267 e. The zero-order chi connectivity index (χ0) is 17.8. The number of aryl methyl sites for hydroxylation is 1. The minimum atomic E-state index is 0.00801. The molecule has 1 fully saturated rings. The fourth-order valence-corrected chi connectivity index (χ4v) is 3.71. The predicted molar refractivity (Wildman–Crippen MR) is 101 cm³/mol. The smallest absolute Gasteiger partial charge is 0.267 e. The van der Waals surface area contributed by atoms with Crippen LogP contribution in [0.3, 0.4) is 0 Å². The summed E-state index contributed by atoms with van der Waals surface area (Å²) in [4.78, 5) is 15.1. The van der Waals surface area contributed by atoms with Crippen LogP contribution in [0.25, 0.3) is 10.9 Å². The predicted octanol–water partition coefficient (Wildman–Crippen LogP) is 3.04. The lowest BCUT2D eigenvalue weighted by Crippen LogP contribution is -2.39. The third-order valence-corrected chi connectivity index (χ3v) is 5.28. The van der Waals surface area contributed by atoms with Crippen molar-refractivity contribution in [1.82, 2.24) is 14.8 Å². The van der Waals surface area contributed by atoms with E-state index in [2.05, 4.69) is 17.1 Å². The third kappa shape index (κ3) is 3.98. The van der Waals surface area contributed by atoms with E-state index in [1.54, 1.807) is 7.11 Å². The van der Waals surface area contributed by atoms with Crippen LogP contribution >= 0.6 is 0 Å². The van der Waals surface area contributed by atoms with Gasteiger partial charge in [-0.3, -0.25) is 4.79 Å². The Bertz CT molecular complexity index is 730. The Hall–Kier alpha value is -2.01. The minimum absolute atomic E-state index is 0.00801. The molecule has 1 aliphatic rings. The third-order valence-electron chi connectivity index (χ3n) is 5.28. The van der Waals surface area contributed by atoms with Gasteiger partial charge in [0.15, 0.2) is 0 Å². The maximum atomic E-state index is 12.6. The number of hydrogen-bond donors (Lipinski definition) is 1. The monoisotopic (exact) mass is 343 g/mol. The molecule has 1 aromatic carbocycles. The number of carbonyl (C=O) groups excluding carboxylic acids is 1.